The SMILES string of the molecule is CCCCN(Cc1cccc(Br)c1)c1ccc(OC)cc1. The molecule has 0 spiro atoms. The van der Waals surface area contributed by atoms with Gasteiger partial charge in [0.2, 0.25) is 0 Å². The zero-order valence-corrected chi connectivity index (χ0v) is 14.3. The van der Waals surface area contributed by atoms with Gasteiger partial charge in [0.1, 0.15) is 5.75 Å². The maximum atomic E-state index is 5.24. The van der Waals surface area contributed by atoms with Crippen LogP contribution in [-0.2, 0) is 6.54 Å². The van der Waals surface area contributed by atoms with Gasteiger partial charge in [0.15, 0.2) is 0 Å². The molecule has 0 aromatic heterocycles. The molecule has 0 aliphatic rings. The number of unbranched alkanes of at least 4 members (excludes halogenated alkanes) is 1. The Kier molecular flexibility index (Phi) is 6.12. The van der Waals surface area contributed by atoms with Crippen LogP contribution in [0.5, 0.6) is 5.75 Å². The van der Waals surface area contributed by atoms with Crippen LogP contribution in [0.4, 0.5) is 5.69 Å². The zero-order chi connectivity index (χ0) is 15.1. The topological polar surface area (TPSA) is 12.5 Å². The maximum Gasteiger partial charge on any atom is 0.119 e. The molecular formula is C18H22BrNO. The molecule has 3 heteroatoms. The van der Waals surface area contributed by atoms with Gasteiger partial charge in [0, 0.05) is 23.2 Å². The van der Waals surface area contributed by atoms with Crippen LogP contribution in [0.15, 0.2) is 53.0 Å². The number of hydrogen-bond donors (Lipinski definition) is 0. The maximum absolute atomic E-state index is 5.24. The third-order valence-electron chi connectivity index (χ3n) is 3.48. The Labute approximate surface area is 135 Å². The van der Waals surface area contributed by atoms with Crippen molar-refractivity contribution >= 4 is 21.6 Å². The van der Waals surface area contributed by atoms with Crippen molar-refractivity contribution in [3.8, 4) is 5.75 Å². The first-order chi connectivity index (χ1) is 10.2. The van der Waals surface area contributed by atoms with Crippen LogP contribution in [0, 0.1) is 0 Å². The molecule has 2 aromatic carbocycles. The van der Waals surface area contributed by atoms with Crippen LogP contribution in [0.1, 0.15) is 25.3 Å². The number of rotatable bonds is 7. The summed E-state index contributed by atoms with van der Waals surface area (Å²) in [6.07, 6.45) is 2.39. The highest BCUT2D eigenvalue weighted by Crippen LogP contribution is 2.22. The average molecular weight is 348 g/mol. The normalized spacial score (nSPS) is 10.4. The number of ether oxygens (including phenoxy) is 1. The van der Waals surface area contributed by atoms with Crippen molar-refractivity contribution in [3.05, 3.63) is 58.6 Å². The molecule has 0 amide bonds. The minimum Gasteiger partial charge on any atom is -0.497 e. The van der Waals surface area contributed by atoms with Gasteiger partial charge in [-0.05, 0) is 48.4 Å². The predicted octanol–water partition coefficient (Wildman–Crippen LogP) is 5.26. The van der Waals surface area contributed by atoms with E-state index < -0.39 is 0 Å². The summed E-state index contributed by atoms with van der Waals surface area (Å²) in [6.45, 7) is 4.21. The second kappa shape index (κ2) is 8.08. The summed E-state index contributed by atoms with van der Waals surface area (Å²) in [4.78, 5) is 2.42. The summed E-state index contributed by atoms with van der Waals surface area (Å²) in [7, 11) is 1.70. The van der Waals surface area contributed by atoms with Gasteiger partial charge in [-0.2, -0.15) is 0 Å². The lowest BCUT2D eigenvalue weighted by Crippen LogP contribution is -2.23. The van der Waals surface area contributed by atoms with Crippen molar-refractivity contribution in [2.75, 3.05) is 18.6 Å². The Morgan fingerprint density at radius 1 is 1.10 bits per heavy atom. The highest BCUT2D eigenvalue weighted by molar-refractivity contribution is 9.10. The number of nitrogens with zero attached hydrogens (tertiary/aromatic N) is 1. The van der Waals surface area contributed by atoms with Crippen molar-refractivity contribution in [1.82, 2.24) is 0 Å². The molecule has 21 heavy (non-hydrogen) atoms. The molecule has 0 radical (unpaired) electrons. The fourth-order valence-electron chi connectivity index (χ4n) is 2.30. The van der Waals surface area contributed by atoms with E-state index >= 15 is 0 Å². The van der Waals surface area contributed by atoms with Gasteiger partial charge in [-0.25, -0.2) is 0 Å². The fraction of sp³-hybridized carbons (Fsp3) is 0.333. The molecule has 0 fully saturated rings. The number of benzene rings is 2. The lowest BCUT2D eigenvalue weighted by molar-refractivity contribution is 0.415. The lowest BCUT2D eigenvalue weighted by atomic mass is 10.1. The van der Waals surface area contributed by atoms with Crippen LogP contribution in [0.3, 0.4) is 0 Å². The van der Waals surface area contributed by atoms with Crippen LogP contribution < -0.4 is 9.64 Å². The summed E-state index contributed by atoms with van der Waals surface area (Å²) in [5, 5.41) is 0. The number of methoxy groups -OCH3 is 1. The standard InChI is InChI=1S/C18H22BrNO/c1-3-4-12-20(14-15-6-5-7-16(19)13-15)17-8-10-18(21-2)11-9-17/h5-11,13H,3-4,12,14H2,1-2H3. The largest absolute Gasteiger partial charge is 0.497 e. The molecule has 0 saturated carbocycles. The summed E-state index contributed by atoms with van der Waals surface area (Å²) in [5.41, 5.74) is 2.56. The molecular weight excluding hydrogens is 326 g/mol. The first kappa shape index (κ1) is 15.9. The van der Waals surface area contributed by atoms with E-state index in [0.717, 1.165) is 23.3 Å². The molecule has 0 unspecified atom stereocenters. The van der Waals surface area contributed by atoms with E-state index in [1.165, 1.54) is 24.1 Å². The second-order valence-corrected chi connectivity index (χ2v) is 6.02. The van der Waals surface area contributed by atoms with Crippen molar-refractivity contribution in [2.24, 2.45) is 0 Å². The quantitative estimate of drug-likeness (QED) is 0.676. The van der Waals surface area contributed by atoms with Gasteiger partial charge < -0.3 is 9.64 Å². The first-order valence-electron chi connectivity index (χ1n) is 7.36. The van der Waals surface area contributed by atoms with E-state index in [1.807, 2.05) is 12.1 Å². The summed E-state index contributed by atoms with van der Waals surface area (Å²) < 4.78 is 6.37. The molecule has 0 bridgehead atoms. The third-order valence-corrected chi connectivity index (χ3v) is 3.97. The predicted molar refractivity (Wildman–Crippen MR) is 93.1 cm³/mol. The van der Waals surface area contributed by atoms with Crippen LogP contribution in [0.2, 0.25) is 0 Å². The zero-order valence-electron chi connectivity index (χ0n) is 12.7. The van der Waals surface area contributed by atoms with E-state index in [-0.39, 0.29) is 0 Å². The molecule has 0 N–H and O–H groups in total. The Balaban J connectivity index is 2.16. The Hall–Kier alpha value is -1.48. The Bertz CT molecular complexity index is 553. The van der Waals surface area contributed by atoms with Gasteiger partial charge in [-0.15, -0.1) is 0 Å². The molecule has 112 valence electrons. The van der Waals surface area contributed by atoms with Gasteiger partial charge in [0.05, 0.1) is 7.11 Å². The van der Waals surface area contributed by atoms with Crippen molar-refractivity contribution in [3.63, 3.8) is 0 Å². The van der Waals surface area contributed by atoms with E-state index in [2.05, 4.69) is 64.2 Å². The van der Waals surface area contributed by atoms with E-state index in [0.29, 0.717) is 0 Å². The molecule has 0 aliphatic heterocycles. The number of hydrogen-bond acceptors (Lipinski definition) is 2. The first-order valence-corrected chi connectivity index (χ1v) is 8.15. The average Bonchev–Trinajstić information content (AvgIpc) is 2.51. The van der Waals surface area contributed by atoms with Crippen LogP contribution in [-0.4, -0.2) is 13.7 Å². The smallest absolute Gasteiger partial charge is 0.119 e. The van der Waals surface area contributed by atoms with Gasteiger partial charge in [0.25, 0.3) is 0 Å². The Morgan fingerprint density at radius 2 is 1.86 bits per heavy atom. The van der Waals surface area contributed by atoms with Crippen molar-refractivity contribution in [1.29, 1.82) is 0 Å². The molecule has 2 rings (SSSR count). The molecule has 0 saturated heterocycles. The third kappa shape index (κ3) is 4.78. The van der Waals surface area contributed by atoms with Gasteiger partial charge >= 0.3 is 0 Å². The number of halogens is 1. The number of anilines is 1. The van der Waals surface area contributed by atoms with Gasteiger partial charge in [-0.1, -0.05) is 41.4 Å². The molecule has 0 atom stereocenters. The van der Waals surface area contributed by atoms with Gasteiger partial charge in [-0.3, -0.25) is 0 Å². The second-order valence-electron chi connectivity index (χ2n) is 5.10. The molecule has 2 nitrogen and oxygen atoms in total. The molecule has 2 aromatic rings. The van der Waals surface area contributed by atoms with E-state index in [4.69, 9.17) is 4.74 Å². The van der Waals surface area contributed by atoms with Crippen LogP contribution in [0.25, 0.3) is 0 Å². The highest BCUT2D eigenvalue weighted by Gasteiger charge is 2.07. The van der Waals surface area contributed by atoms with E-state index in [9.17, 15) is 0 Å². The molecule has 0 aliphatic carbocycles. The Morgan fingerprint density at radius 3 is 2.48 bits per heavy atom. The lowest BCUT2D eigenvalue weighted by Gasteiger charge is -2.25. The van der Waals surface area contributed by atoms with Crippen LogP contribution >= 0.6 is 15.9 Å². The minimum atomic E-state index is 0.900. The fourth-order valence-corrected chi connectivity index (χ4v) is 2.74. The molecule has 0 heterocycles. The monoisotopic (exact) mass is 347 g/mol. The minimum absolute atomic E-state index is 0.900. The summed E-state index contributed by atoms with van der Waals surface area (Å²) in [5.74, 6) is 0.900. The summed E-state index contributed by atoms with van der Waals surface area (Å²) >= 11 is 3.54. The summed E-state index contributed by atoms with van der Waals surface area (Å²) in [6, 6.07) is 16.8. The highest BCUT2D eigenvalue weighted by atomic mass is 79.9. The van der Waals surface area contributed by atoms with Crippen molar-refractivity contribution in [2.45, 2.75) is 26.3 Å². The van der Waals surface area contributed by atoms with Crippen molar-refractivity contribution < 1.29 is 4.74 Å². The van der Waals surface area contributed by atoms with E-state index in [1.54, 1.807) is 7.11 Å².